The third kappa shape index (κ3) is 3.84. The summed E-state index contributed by atoms with van der Waals surface area (Å²) in [6.45, 7) is 0. The van der Waals surface area contributed by atoms with Crippen molar-refractivity contribution in [2.75, 3.05) is 21.3 Å². The van der Waals surface area contributed by atoms with Crippen molar-refractivity contribution in [2.24, 2.45) is 0 Å². The molecule has 0 aromatic heterocycles. The van der Waals surface area contributed by atoms with Gasteiger partial charge in [-0.2, -0.15) is 8.42 Å². The summed E-state index contributed by atoms with van der Waals surface area (Å²) in [6.07, 6.45) is 0. The van der Waals surface area contributed by atoms with Crippen molar-refractivity contribution in [1.29, 1.82) is 0 Å². The summed E-state index contributed by atoms with van der Waals surface area (Å²) < 4.78 is 54.3. The van der Waals surface area contributed by atoms with Crippen LogP contribution in [0, 0.1) is 0 Å². The van der Waals surface area contributed by atoms with Crippen molar-refractivity contribution in [3.8, 4) is 34.1 Å². The number of ether oxygens (including phenoxy) is 3. The largest absolute Gasteiger partial charge is 0.497 e. The predicted molar refractivity (Wildman–Crippen MR) is 82.2 cm³/mol. The number of methoxy groups -OCH3 is 3. The van der Waals surface area contributed by atoms with Crippen molar-refractivity contribution in [3.63, 3.8) is 0 Å². The van der Waals surface area contributed by atoms with E-state index in [2.05, 4.69) is 4.18 Å². The smallest absolute Gasteiger partial charge is 0.488 e. The third-order valence-corrected chi connectivity index (χ3v) is 3.45. The molecule has 0 saturated carbocycles. The zero-order valence-electron chi connectivity index (χ0n) is 12.7. The van der Waals surface area contributed by atoms with Gasteiger partial charge in [-0.1, -0.05) is 16.0 Å². The van der Waals surface area contributed by atoms with Crippen LogP contribution in [0.15, 0.2) is 36.4 Å². The number of halogens is 1. The van der Waals surface area contributed by atoms with E-state index in [1.54, 1.807) is 24.3 Å². The van der Waals surface area contributed by atoms with Crippen LogP contribution in [-0.2, 0) is 10.5 Å². The number of hydrogen-bond acceptors (Lipinski definition) is 6. The van der Waals surface area contributed by atoms with Crippen molar-refractivity contribution in [3.05, 3.63) is 36.4 Å². The quantitative estimate of drug-likeness (QED) is 0.752. The van der Waals surface area contributed by atoms with Gasteiger partial charge >= 0.3 is 10.5 Å². The third-order valence-electron chi connectivity index (χ3n) is 3.08. The molecular weight excluding hydrogens is 327 g/mol. The Bertz CT molecular complexity index is 786. The van der Waals surface area contributed by atoms with Gasteiger partial charge in [0.15, 0.2) is 11.5 Å². The van der Waals surface area contributed by atoms with Gasteiger partial charge in [0.25, 0.3) is 0 Å². The summed E-state index contributed by atoms with van der Waals surface area (Å²) in [4.78, 5) is 0. The number of hydrogen-bond donors (Lipinski definition) is 0. The summed E-state index contributed by atoms with van der Waals surface area (Å²) in [5, 5.41) is 0. The SMILES string of the molecule is COc1ccc(-c2c(OC)ccc(OS(=O)(=O)F)c2OC)cc1. The van der Waals surface area contributed by atoms with Crippen LogP contribution >= 0.6 is 0 Å². The van der Waals surface area contributed by atoms with Crippen molar-refractivity contribution >= 4 is 10.5 Å². The molecule has 6 nitrogen and oxygen atoms in total. The van der Waals surface area contributed by atoms with E-state index in [0.29, 0.717) is 22.6 Å². The second-order valence-corrected chi connectivity index (χ2v) is 5.33. The zero-order chi connectivity index (χ0) is 17.0. The first kappa shape index (κ1) is 16.9. The molecule has 2 aromatic carbocycles. The molecule has 23 heavy (non-hydrogen) atoms. The van der Waals surface area contributed by atoms with Gasteiger partial charge in [0.2, 0.25) is 0 Å². The Kier molecular flexibility index (Phi) is 4.95. The molecule has 0 spiro atoms. The lowest BCUT2D eigenvalue weighted by molar-refractivity contribution is 0.374. The molecule has 0 unspecified atom stereocenters. The minimum atomic E-state index is -5.18. The monoisotopic (exact) mass is 342 g/mol. The van der Waals surface area contributed by atoms with E-state index in [9.17, 15) is 12.3 Å². The highest BCUT2D eigenvalue weighted by atomic mass is 32.3. The Balaban J connectivity index is 2.64. The first-order valence-electron chi connectivity index (χ1n) is 6.43. The topological polar surface area (TPSA) is 71.1 Å². The minimum absolute atomic E-state index is 0.0377. The predicted octanol–water partition coefficient (Wildman–Crippen LogP) is 2.97. The van der Waals surface area contributed by atoms with Gasteiger partial charge in [0.1, 0.15) is 11.5 Å². The molecule has 0 aliphatic rings. The fourth-order valence-electron chi connectivity index (χ4n) is 2.12. The van der Waals surface area contributed by atoms with E-state index in [1.807, 2.05) is 0 Å². The van der Waals surface area contributed by atoms with Crippen LogP contribution in [0.1, 0.15) is 0 Å². The normalized spacial score (nSPS) is 11.0. The standard InChI is InChI=1S/C15H15FO6S/c1-19-11-6-4-10(5-7-11)14-12(20-2)8-9-13(15(14)21-3)22-23(16,17)18/h4-9H,1-3H3. The second-order valence-electron chi connectivity index (χ2n) is 4.38. The van der Waals surface area contributed by atoms with E-state index in [-0.39, 0.29) is 11.5 Å². The highest BCUT2D eigenvalue weighted by Crippen LogP contribution is 2.45. The van der Waals surface area contributed by atoms with Gasteiger partial charge in [-0.25, -0.2) is 0 Å². The second kappa shape index (κ2) is 6.74. The van der Waals surface area contributed by atoms with Crippen LogP contribution in [0.4, 0.5) is 3.89 Å². The summed E-state index contributed by atoms with van der Waals surface area (Å²) in [6, 6.07) is 9.60. The van der Waals surface area contributed by atoms with E-state index in [1.165, 1.54) is 33.5 Å². The van der Waals surface area contributed by atoms with Gasteiger partial charge in [-0.05, 0) is 29.8 Å². The zero-order valence-corrected chi connectivity index (χ0v) is 13.5. The molecule has 0 N–H and O–H groups in total. The molecule has 0 radical (unpaired) electrons. The molecule has 0 fully saturated rings. The molecule has 0 heterocycles. The fraction of sp³-hybridized carbons (Fsp3) is 0.200. The molecule has 0 aliphatic heterocycles. The lowest BCUT2D eigenvalue weighted by Gasteiger charge is -2.16. The molecular formula is C15H15FO6S. The summed E-state index contributed by atoms with van der Waals surface area (Å²) in [7, 11) is -0.870. The van der Waals surface area contributed by atoms with Crippen LogP contribution in [0.3, 0.4) is 0 Å². The Morgan fingerprint density at radius 1 is 0.826 bits per heavy atom. The summed E-state index contributed by atoms with van der Waals surface area (Å²) >= 11 is 0. The first-order chi connectivity index (χ1) is 10.9. The van der Waals surface area contributed by atoms with Crippen LogP contribution in [-0.4, -0.2) is 29.7 Å². The van der Waals surface area contributed by atoms with Gasteiger partial charge in [0.05, 0.1) is 26.9 Å². The Morgan fingerprint density at radius 3 is 1.91 bits per heavy atom. The summed E-state index contributed by atoms with van der Waals surface area (Å²) in [5.74, 6) is 0.818. The van der Waals surface area contributed by atoms with Crippen molar-refractivity contribution in [2.45, 2.75) is 0 Å². The van der Waals surface area contributed by atoms with Gasteiger partial charge in [-0.15, -0.1) is 0 Å². The lowest BCUT2D eigenvalue weighted by atomic mass is 10.0. The molecule has 124 valence electrons. The molecule has 2 rings (SSSR count). The maximum atomic E-state index is 12.9. The number of rotatable bonds is 6. The summed E-state index contributed by atoms with van der Waals surface area (Å²) in [5.41, 5.74) is 1.08. The van der Waals surface area contributed by atoms with Gasteiger partial charge < -0.3 is 18.4 Å². The Labute approximate surface area is 133 Å². The molecule has 8 heteroatoms. The molecule has 0 saturated heterocycles. The lowest BCUT2D eigenvalue weighted by Crippen LogP contribution is -2.04. The van der Waals surface area contributed by atoms with Crippen LogP contribution < -0.4 is 18.4 Å². The first-order valence-corrected chi connectivity index (χ1v) is 7.74. The van der Waals surface area contributed by atoms with E-state index in [4.69, 9.17) is 14.2 Å². The van der Waals surface area contributed by atoms with Gasteiger partial charge in [-0.3, -0.25) is 0 Å². The van der Waals surface area contributed by atoms with Crippen LogP contribution in [0.5, 0.6) is 23.0 Å². The average Bonchev–Trinajstić information content (AvgIpc) is 2.53. The molecule has 0 atom stereocenters. The molecule has 0 bridgehead atoms. The average molecular weight is 342 g/mol. The highest BCUT2D eigenvalue weighted by Gasteiger charge is 2.21. The van der Waals surface area contributed by atoms with E-state index < -0.39 is 10.5 Å². The van der Waals surface area contributed by atoms with Gasteiger partial charge in [0, 0.05) is 0 Å². The minimum Gasteiger partial charge on any atom is -0.497 e. The Hall–Kier alpha value is -2.48. The molecule has 0 amide bonds. The maximum absolute atomic E-state index is 12.9. The molecule has 0 aliphatic carbocycles. The van der Waals surface area contributed by atoms with E-state index >= 15 is 0 Å². The molecule has 2 aromatic rings. The van der Waals surface area contributed by atoms with Crippen molar-refractivity contribution in [1.82, 2.24) is 0 Å². The van der Waals surface area contributed by atoms with E-state index in [0.717, 1.165) is 0 Å². The highest BCUT2D eigenvalue weighted by molar-refractivity contribution is 7.81. The van der Waals surface area contributed by atoms with Crippen molar-refractivity contribution < 1.29 is 30.7 Å². The fourth-order valence-corrected chi connectivity index (χ4v) is 2.47. The van der Waals surface area contributed by atoms with Crippen LogP contribution in [0.25, 0.3) is 11.1 Å². The Morgan fingerprint density at radius 2 is 1.43 bits per heavy atom. The number of benzene rings is 2. The van der Waals surface area contributed by atoms with Crippen LogP contribution in [0.2, 0.25) is 0 Å². The maximum Gasteiger partial charge on any atom is 0.488 e.